The average Bonchev–Trinajstić information content (AvgIpc) is 2.91. The number of carbonyl (C=O) groups excluding carboxylic acids is 4. The van der Waals surface area contributed by atoms with E-state index in [9.17, 15) is 19.2 Å². The maximum Gasteiger partial charge on any atom is 0.255 e. The molecule has 0 radical (unpaired) electrons. The van der Waals surface area contributed by atoms with Gasteiger partial charge in [-0.15, -0.1) is 12.3 Å². The predicted octanol–water partition coefficient (Wildman–Crippen LogP) is 1.19. The van der Waals surface area contributed by atoms with Gasteiger partial charge >= 0.3 is 0 Å². The van der Waals surface area contributed by atoms with E-state index in [2.05, 4.69) is 16.6 Å². The summed E-state index contributed by atoms with van der Waals surface area (Å²) in [5.41, 5.74) is 1.87. The van der Waals surface area contributed by atoms with Gasteiger partial charge in [-0.2, -0.15) is 0 Å². The summed E-state index contributed by atoms with van der Waals surface area (Å²) in [5, 5.41) is 5.07. The van der Waals surface area contributed by atoms with Crippen LogP contribution in [0.5, 0.6) is 0 Å². The highest BCUT2D eigenvalue weighted by Crippen LogP contribution is 2.29. The second-order valence-electron chi connectivity index (χ2n) is 6.38. The first-order valence-corrected chi connectivity index (χ1v) is 8.50. The predicted molar refractivity (Wildman–Crippen MR) is 93.8 cm³/mol. The summed E-state index contributed by atoms with van der Waals surface area (Å²) >= 11 is 0. The molecule has 7 nitrogen and oxygen atoms in total. The van der Waals surface area contributed by atoms with Crippen LogP contribution < -0.4 is 10.6 Å². The molecule has 2 N–H and O–H groups in total. The summed E-state index contributed by atoms with van der Waals surface area (Å²) in [6, 6.07) is 4.43. The zero-order valence-corrected chi connectivity index (χ0v) is 14.2. The maximum absolute atomic E-state index is 12.6. The molecule has 134 valence electrons. The lowest BCUT2D eigenvalue weighted by Gasteiger charge is -2.29. The fourth-order valence-electron chi connectivity index (χ4n) is 3.23. The van der Waals surface area contributed by atoms with Gasteiger partial charge in [-0.05, 0) is 36.6 Å². The quantitative estimate of drug-likeness (QED) is 0.472. The molecule has 0 aromatic heterocycles. The topological polar surface area (TPSA) is 95.6 Å². The molecule has 0 spiro atoms. The lowest BCUT2D eigenvalue weighted by molar-refractivity contribution is -0.137. The number of piperidine rings is 1. The number of anilines is 1. The standard InChI is InChI=1S/C19H19N3O4/c1-2-3-4-5-16(23)20-13-6-7-14-12(10-13)11-22(19(14)26)15-8-9-17(24)21-18(15)25/h1,6-7,10,15H,3-5,8-9,11H2,(H,20,23)(H,21,24,25). The van der Waals surface area contributed by atoms with E-state index >= 15 is 0 Å². The average molecular weight is 353 g/mol. The first-order chi connectivity index (χ1) is 12.5. The number of carbonyl (C=O) groups is 4. The van der Waals surface area contributed by atoms with Crippen LogP contribution in [0.15, 0.2) is 18.2 Å². The molecule has 0 bridgehead atoms. The van der Waals surface area contributed by atoms with Crippen LogP contribution in [-0.2, 0) is 20.9 Å². The van der Waals surface area contributed by atoms with E-state index in [1.807, 2.05) is 0 Å². The molecule has 4 amide bonds. The first-order valence-electron chi connectivity index (χ1n) is 8.50. The fourth-order valence-corrected chi connectivity index (χ4v) is 3.23. The molecule has 2 aliphatic rings. The SMILES string of the molecule is C#CCCCC(=O)Nc1ccc2c(c1)CN(C1CCC(=O)NC1=O)C2=O. The summed E-state index contributed by atoms with van der Waals surface area (Å²) in [6.45, 7) is 0.279. The van der Waals surface area contributed by atoms with Gasteiger partial charge in [0.2, 0.25) is 17.7 Å². The lowest BCUT2D eigenvalue weighted by atomic mass is 10.0. The third-order valence-electron chi connectivity index (χ3n) is 4.53. The zero-order chi connectivity index (χ0) is 18.7. The smallest absolute Gasteiger partial charge is 0.255 e. The van der Waals surface area contributed by atoms with E-state index in [0.29, 0.717) is 36.9 Å². The van der Waals surface area contributed by atoms with Crippen LogP contribution in [0.1, 0.15) is 48.0 Å². The Kier molecular flexibility index (Phi) is 5.03. The van der Waals surface area contributed by atoms with Crippen LogP contribution in [0.3, 0.4) is 0 Å². The molecule has 1 atom stereocenters. The summed E-state index contributed by atoms with van der Waals surface area (Å²) in [7, 11) is 0. The fraction of sp³-hybridized carbons (Fsp3) is 0.368. The van der Waals surface area contributed by atoms with Crippen molar-refractivity contribution >= 4 is 29.3 Å². The number of unbranched alkanes of at least 4 members (excludes halogenated alkanes) is 1. The van der Waals surface area contributed by atoms with Crippen molar-refractivity contribution in [1.29, 1.82) is 0 Å². The maximum atomic E-state index is 12.6. The van der Waals surface area contributed by atoms with Gasteiger partial charge in [0.25, 0.3) is 5.91 Å². The van der Waals surface area contributed by atoms with Gasteiger partial charge in [-0.3, -0.25) is 24.5 Å². The molecule has 1 unspecified atom stereocenters. The van der Waals surface area contributed by atoms with Gasteiger partial charge in [0.15, 0.2) is 0 Å². The van der Waals surface area contributed by atoms with E-state index in [4.69, 9.17) is 6.42 Å². The molecular weight excluding hydrogens is 334 g/mol. The Bertz CT molecular complexity index is 825. The molecule has 1 fully saturated rings. The molecule has 3 rings (SSSR count). The number of terminal acetylenes is 1. The van der Waals surface area contributed by atoms with E-state index in [0.717, 1.165) is 5.56 Å². The van der Waals surface area contributed by atoms with Gasteiger partial charge in [0, 0.05) is 37.1 Å². The van der Waals surface area contributed by atoms with Crippen LogP contribution in [0.4, 0.5) is 5.69 Å². The van der Waals surface area contributed by atoms with Gasteiger partial charge < -0.3 is 10.2 Å². The lowest BCUT2D eigenvalue weighted by Crippen LogP contribution is -2.52. The van der Waals surface area contributed by atoms with Crippen molar-refractivity contribution in [2.24, 2.45) is 0 Å². The molecule has 1 aromatic rings. The Hall–Kier alpha value is -3.14. The van der Waals surface area contributed by atoms with Gasteiger partial charge in [-0.1, -0.05) is 0 Å². The van der Waals surface area contributed by atoms with Crippen molar-refractivity contribution in [3.8, 4) is 12.3 Å². The third-order valence-corrected chi connectivity index (χ3v) is 4.53. The van der Waals surface area contributed by atoms with E-state index in [1.165, 1.54) is 4.90 Å². The second-order valence-corrected chi connectivity index (χ2v) is 6.38. The number of nitrogens with zero attached hydrogens (tertiary/aromatic N) is 1. The van der Waals surface area contributed by atoms with Gasteiger partial charge in [0.05, 0.1) is 0 Å². The number of rotatable bonds is 5. The normalized spacial score (nSPS) is 19.0. The Balaban J connectivity index is 1.68. The Morgan fingerprint density at radius 1 is 1.35 bits per heavy atom. The first kappa shape index (κ1) is 17.7. The highest BCUT2D eigenvalue weighted by atomic mass is 16.2. The third kappa shape index (κ3) is 3.59. The van der Waals surface area contributed by atoms with E-state index in [-0.39, 0.29) is 30.7 Å². The molecule has 1 aromatic carbocycles. The van der Waals surface area contributed by atoms with Crippen molar-refractivity contribution in [2.45, 2.75) is 44.7 Å². The Labute approximate surface area is 151 Å². The minimum absolute atomic E-state index is 0.133. The second kappa shape index (κ2) is 7.40. The number of hydrogen-bond acceptors (Lipinski definition) is 4. The van der Waals surface area contributed by atoms with Crippen molar-refractivity contribution < 1.29 is 19.2 Å². The van der Waals surface area contributed by atoms with Gasteiger partial charge in [-0.25, -0.2) is 0 Å². The molecule has 1 saturated heterocycles. The number of nitrogens with one attached hydrogen (secondary N) is 2. The minimum atomic E-state index is -0.644. The molecule has 26 heavy (non-hydrogen) atoms. The van der Waals surface area contributed by atoms with Crippen LogP contribution in [0.25, 0.3) is 0 Å². The van der Waals surface area contributed by atoms with Crippen LogP contribution >= 0.6 is 0 Å². The Morgan fingerprint density at radius 2 is 2.15 bits per heavy atom. The molecule has 0 saturated carbocycles. The Morgan fingerprint density at radius 3 is 2.88 bits per heavy atom. The number of fused-ring (bicyclic) bond motifs is 1. The molecule has 2 heterocycles. The van der Waals surface area contributed by atoms with Crippen molar-refractivity contribution in [2.75, 3.05) is 5.32 Å². The van der Waals surface area contributed by atoms with E-state index in [1.54, 1.807) is 18.2 Å². The number of imide groups is 1. The monoisotopic (exact) mass is 353 g/mol. The molecule has 7 heteroatoms. The number of hydrogen-bond donors (Lipinski definition) is 2. The van der Waals surface area contributed by atoms with Crippen molar-refractivity contribution in [3.05, 3.63) is 29.3 Å². The summed E-state index contributed by atoms with van der Waals surface area (Å²) in [4.78, 5) is 49.3. The summed E-state index contributed by atoms with van der Waals surface area (Å²) in [5.74, 6) is 1.37. The van der Waals surface area contributed by atoms with Crippen molar-refractivity contribution in [3.63, 3.8) is 0 Å². The highest BCUT2D eigenvalue weighted by Gasteiger charge is 2.39. The van der Waals surface area contributed by atoms with Crippen molar-refractivity contribution in [1.82, 2.24) is 10.2 Å². The zero-order valence-electron chi connectivity index (χ0n) is 14.2. The number of benzene rings is 1. The van der Waals surface area contributed by atoms with Gasteiger partial charge in [0.1, 0.15) is 6.04 Å². The summed E-state index contributed by atoms with van der Waals surface area (Å²) < 4.78 is 0. The molecular formula is C19H19N3O4. The molecule has 0 aliphatic carbocycles. The minimum Gasteiger partial charge on any atom is -0.326 e. The van der Waals surface area contributed by atoms with Crippen LogP contribution in [0.2, 0.25) is 0 Å². The largest absolute Gasteiger partial charge is 0.326 e. The van der Waals surface area contributed by atoms with Crippen LogP contribution in [-0.4, -0.2) is 34.6 Å². The summed E-state index contributed by atoms with van der Waals surface area (Å²) in [6.07, 6.45) is 7.21. The van der Waals surface area contributed by atoms with Crippen LogP contribution in [0, 0.1) is 12.3 Å². The van der Waals surface area contributed by atoms with E-state index < -0.39 is 11.9 Å². The highest BCUT2D eigenvalue weighted by molar-refractivity contribution is 6.05. The molecule has 2 aliphatic heterocycles. The number of amides is 4.